The van der Waals surface area contributed by atoms with Crippen molar-refractivity contribution in [2.45, 2.75) is 13.5 Å². The van der Waals surface area contributed by atoms with E-state index in [2.05, 4.69) is 5.32 Å². The molecule has 0 amide bonds. The second-order valence-corrected chi connectivity index (χ2v) is 4.82. The van der Waals surface area contributed by atoms with Gasteiger partial charge in [-0.25, -0.2) is 4.39 Å². The van der Waals surface area contributed by atoms with E-state index in [1.807, 2.05) is 25.1 Å². The van der Waals surface area contributed by atoms with Crippen LogP contribution in [0.4, 0.5) is 4.39 Å². The van der Waals surface area contributed by atoms with Gasteiger partial charge in [-0.3, -0.25) is 0 Å². The summed E-state index contributed by atoms with van der Waals surface area (Å²) in [5.41, 5.74) is 2.19. The summed E-state index contributed by atoms with van der Waals surface area (Å²) in [4.78, 5) is 0. The second-order valence-electron chi connectivity index (χ2n) is 4.42. The van der Waals surface area contributed by atoms with E-state index in [4.69, 9.17) is 16.3 Å². The minimum Gasteiger partial charge on any atom is -0.494 e. The van der Waals surface area contributed by atoms with Gasteiger partial charge in [0.25, 0.3) is 0 Å². The molecular weight excluding hydrogens is 277 g/mol. The van der Waals surface area contributed by atoms with E-state index in [-0.39, 0.29) is 5.75 Å². The number of nitrogens with one attached hydrogen (secondary N) is 1. The first-order valence-electron chi connectivity index (χ1n) is 6.49. The quantitative estimate of drug-likeness (QED) is 0.889. The molecule has 2 aromatic rings. The highest BCUT2D eigenvalue weighted by molar-refractivity contribution is 6.33. The second kappa shape index (κ2) is 6.73. The number of halogens is 2. The molecule has 0 radical (unpaired) electrons. The van der Waals surface area contributed by atoms with E-state index in [1.54, 1.807) is 18.2 Å². The van der Waals surface area contributed by atoms with E-state index in [9.17, 15) is 4.39 Å². The topological polar surface area (TPSA) is 21.3 Å². The highest BCUT2D eigenvalue weighted by atomic mass is 35.5. The number of hydrogen-bond donors (Lipinski definition) is 1. The van der Waals surface area contributed by atoms with Gasteiger partial charge in [-0.05, 0) is 24.2 Å². The summed E-state index contributed by atoms with van der Waals surface area (Å²) in [5, 5.41) is 3.76. The molecule has 20 heavy (non-hydrogen) atoms. The summed E-state index contributed by atoms with van der Waals surface area (Å²) >= 11 is 6.28. The van der Waals surface area contributed by atoms with Crippen LogP contribution in [0.1, 0.15) is 12.5 Å². The van der Waals surface area contributed by atoms with Crippen molar-refractivity contribution < 1.29 is 9.13 Å². The van der Waals surface area contributed by atoms with Crippen molar-refractivity contribution in [3.8, 4) is 16.9 Å². The minimum absolute atomic E-state index is 0.218. The molecule has 0 aliphatic heterocycles. The van der Waals surface area contributed by atoms with E-state index < -0.39 is 5.82 Å². The maximum Gasteiger partial charge on any atom is 0.172 e. The predicted octanol–water partition coefficient (Wildman–Crippen LogP) is 4.26. The monoisotopic (exact) mass is 293 g/mol. The number of hydrogen-bond acceptors (Lipinski definition) is 2. The summed E-state index contributed by atoms with van der Waals surface area (Å²) in [6, 6.07) is 10.7. The van der Waals surface area contributed by atoms with Crippen molar-refractivity contribution in [3.05, 3.63) is 52.8 Å². The van der Waals surface area contributed by atoms with Gasteiger partial charge < -0.3 is 10.1 Å². The Bertz CT molecular complexity index is 601. The molecule has 2 nitrogen and oxygen atoms in total. The molecule has 0 bridgehead atoms. The molecule has 0 fully saturated rings. The fourth-order valence-corrected chi connectivity index (χ4v) is 2.34. The lowest BCUT2D eigenvalue weighted by molar-refractivity contribution is 0.387. The highest BCUT2D eigenvalue weighted by Gasteiger charge is 2.13. The van der Waals surface area contributed by atoms with Crippen LogP contribution in [-0.2, 0) is 6.54 Å². The van der Waals surface area contributed by atoms with E-state index in [1.165, 1.54) is 7.11 Å². The smallest absolute Gasteiger partial charge is 0.172 e. The molecule has 2 aromatic carbocycles. The maximum absolute atomic E-state index is 14.2. The first kappa shape index (κ1) is 14.8. The van der Waals surface area contributed by atoms with Gasteiger partial charge in [-0.15, -0.1) is 0 Å². The number of methoxy groups -OCH3 is 1. The van der Waals surface area contributed by atoms with Crippen LogP contribution < -0.4 is 10.1 Å². The first-order valence-corrected chi connectivity index (χ1v) is 6.87. The van der Waals surface area contributed by atoms with Crippen molar-refractivity contribution in [3.63, 3.8) is 0 Å². The lowest BCUT2D eigenvalue weighted by Crippen LogP contribution is -2.11. The Labute approximate surface area is 123 Å². The van der Waals surface area contributed by atoms with Crippen molar-refractivity contribution in [1.29, 1.82) is 0 Å². The Morgan fingerprint density at radius 2 is 2.00 bits per heavy atom. The largest absolute Gasteiger partial charge is 0.494 e. The van der Waals surface area contributed by atoms with Crippen molar-refractivity contribution in [2.24, 2.45) is 0 Å². The molecule has 4 heteroatoms. The van der Waals surface area contributed by atoms with Gasteiger partial charge in [0.2, 0.25) is 0 Å². The molecule has 0 aliphatic rings. The Kier molecular flexibility index (Phi) is 4.99. The third-order valence-electron chi connectivity index (χ3n) is 3.09. The molecule has 0 aliphatic carbocycles. The predicted molar refractivity (Wildman–Crippen MR) is 80.8 cm³/mol. The van der Waals surface area contributed by atoms with Crippen LogP contribution in [0.5, 0.6) is 5.75 Å². The fraction of sp³-hybridized carbons (Fsp3) is 0.250. The normalized spacial score (nSPS) is 10.6. The van der Waals surface area contributed by atoms with Gasteiger partial charge in [-0.2, -0.15) is 0 Å². The first-order chi connectivity index (χ1) is 9.67. The molecular formula is C16H17ClFNO. The molecule has 1 N–H and O–H groups in total. The van der Waals surface area contributed by atoms with Crippen LogP contribution in [0.25, 0.3) is 11.1 Å². The van der Waals surface area contributed by atoms with Gasteiger partial charge in [0.15, 0.2) is 11.6 Å². The average Bonchev–Trinajstić information content (AvgIpc) is 2.46. The SMILES string of the molecule is CCNCc1ccc(-c2cccc(OC)c2F)c(Cl)c1. The lowest BCUT2D eigenvalue weighted by Gasteiger charge is -2.10. The van der Waals surface area contributed by atoms with Gasteiger partial charge in [0.1, 0.15) is 0 Å². The van der Waals surface area contributed by atoms with Gasteiger partial charge in [0, 0.05) is 22.7 Å². The summed E-state index contributed by atoms with van der Waals surface area (Å²) < 4.78 is 19.2. The Morgan fingerprint density at radius 3 is 2.65 bits per heavy atom. The van der Waals surface area contributed by atoms with Gasteiger partial charge >= 0.3 is 0 Å². The Morgan fingerprint density at radius 1 is 1.20 bits per heavy atom. The van der Waals surface area contributed by atoms with Crippen LogP contribution in [-0.4, -0.2) is 13.7 Å². The maximum atomic E-state index is 14.2. The molecule has 0 atom stereocenters. The summed E-state index contributed by atoms with van der Waals surface area (Å²) in [5.74, 6) is -0.174. The number of ether oxygens (including phenoxy) is 1. The zero-order valence-corrected chi connectivity index (χ0v) is 12.3. The lowest BCUT2D eigenvalue weighted by atomic mass is 10.0. The van der Waals surface area contributed by atoms with Crippen LogP contribution in [0.3, 0.4) is 0 Å². The van der Waals surface area contributed by atoms with Crippen molar-refractivity contribution >= 4 is 11.6 Å². The Hall–Kier alpha value is -1.58. The van der Waals surface area contributed by atoms with Crippen LogP contribution in [0.15, 0.2) is 36.4 Å². The molecule has 0 saturated heterocycles. The molecule has 0 spiro atoms. The van der Waals surface area contributed by atoms with Gasteiger partial charge in [0.05, 0.1) is 7.11 Å². The van der Waals surface area contributed by atoms with Crippen LogP contribution in [0, 0.1) is 5.82 Å². The third kappa shape index (κ3) is 3.11. The molecule has 0 saturated carbocycles. The van der Waals surface area contributed by atoms with Crippen molar-refractivity contribution in [1.82, 2.24) is 5.32 Å². The van der Waals surface area contributed by atoms with Crippen molar-refractivity contribution in [2.75, 3.05) is 13.7 Å². The zero-order valence-electron chi connectivity index (χ0n) is 11.5. The Balaban J connectivity index is 2.38. The number of rotatable bonds is 5. The van der Waals surface area contributed by atoms with Crippen LogP contribution in [0.2, 0.25) is 5.02 Å². The summed E-state index contributed by atoms with van der Waals surface area (Å²) in [6.45, 7) is 3.68. The molecule has 0 heterocycles. The van der Waals surface area contributed by atoms with E-state index in [0.29, 0.717) is 16.1 Å². The average molecular weight is 294 g/mol. The summed E-state index contributed by atoms with van der Waals surface area (Å²) in [7, 11) is 1.45. The van der Waals surface area contributed by atoms with Crippen LogP contribution >= 0.6 is 11.6 Å². The van der Waals surface area contributed by atoms with Gasteiger partial charge in [-0.1, -0.05) is 42.8 Å². The zero-order chi connectivity index (χ0) is 14.5. The fourth-order valence-electron chi connectivity index (χ4n) is 2.03. The molecule has 2 rings (SSSR count). The molecule has 0 aromatic heterocycles. The minimum atomic E-state index is -0.392. The molecule has 0 unspecified atom stereocenters. The number of benzene rings is 2. The van der Waals surface area contributed by atoms with E-state index in [0.717, 1.165) is 18.7 Å². The summed E-state index contributed by atoms with van der Waals surface area (Å²) in [6.07, 6.45) is 0. The standard InChI is InChI=1S/C16H17ClFNO/c1-3-19-10-11-7-8-12(14(17)9-11)13-5-4-6-15(20-2)16(13)18/h4-9,19H,3,10H2,1-2H3. The highest BCUT2D eigenvalue weighted by Crippen LogP contribution is 2.34. The van der Waals surface area contributed by atoms with E-state index >= 15 is 0 Å². The molecule has 106 valence electrons. The third-order valence-corrected chi connectivity index (χ3v) is 3.40.